The topological polar surface area (TPSA) is 96.4 Å². The van der Waals surface area contributed by atoms with Crippen LogP contribution in [0.5, 0.6) is 5.88 Å². The van der Waals surface area contributed by atoms with E-state index in [1.54, 1.807) is 13.1 Å². The highest BCUT2D eigenvalue weighted by atomic mass is 16.5. The third-order valence-electron chi connectivity index (χ3n) is 5.79. The molecule has 0 bridgehead atoms. The van der Waals surface area contributed by atoms with Gasteiger partial charge < -0.3 is 15.4 Å². The minimum atomic E-state index is -0.463. The predicted octanol–water partition coefficient (Wildman–Crippen LogP) is 2.33. The third-order valence-corrected chi connectivity index (χ3v) is 5.79. The van der Waals surface area contributed by atoms with Crippen molar-refractivity contribution in [2.24, 2.45) is 0 Å². The van der Waals surface area contributed by atoms with Gasteiger partial charge in [0, 0.05) is 26.0 Å². The number of hydrogen-bond donors (Lipinski definition) is 2. The van der Waals surface area contributed by atoms with Crippen molar-refractivity contribution >= 4 is 17.5 Å². The number of anilines is 1. The normalized spacial score (nSPS) is 19.5. The summed E-state index contributed by atoms with van der Waals surface area (Å²) in [6.07, 6.45) is 5.89. The summed E-state index contributed by atoms with van der Waals surface area (Å²) >= 11 is 0. The average Bonchev–Trinajstić information content (AvgIpc) is 2.78. The molecule has 2 aromatic rings. The Morgan fingerprint density at radius 3 is 2.73 bits per heavy atom. The van der Waals surface area contributed by atoms with Crippen LogP contribution in [0, 0.1) is 0 Å². The summed E-state index contributed by atoms with van der Waals surface area (Å²) in [6, 6.07) is 5.76. The van der Waals surface area contributed by atoms with E-state index < -0.39 is 6.10 Å². The van der Waals surface area contributed by atoms with Crippen LogP contribution in [0.4, 0.5) is 5.69 Å². The molecule has 30 heavy (non-hydrogen) atoms. The summed E-state index contributed by atoms with van der Waals surface area (Å²) in [5.41, 5.74) is 3.34. The minimum Gasteiger partial charge on any atom is -0.463 e. The monoisotopic (exact) mass is 409 g/mol. The molecule has 0 aromatic carbocycles. The Balaban J connectivity index is 1.34. The number of fused-ring (bicyclic) bond motifs is 1. The number of hydrogen-bond acceptors (Lipinski definition) is 6. The number of piperidine rings is 1. The van der Waals surface area contributed by atoms with E-state index in [2.05, 4.69) is 25.5 Å². The maximum atomic E-state index is 12.0. The van der Waals surface area contributed by atoms with E-state index in [1.165, 1.54) is 5.56 Å². The molecule has 1 saturated heterocycles. The van der Waals surface area contributed by atoms with Crippen LogP contribution in [0.2, 0.25) is 0 Å². The Labute approximate surface area is 176 Å². The second-order valence-corrected chi connectivity index (χ2v) is 7.81. The van der Waals surface area contributed by atoms with Gasteiger partial charge in [-0.1, -0.05) is 13.0 Å². The van der Waals surface area contributed by atoms with Crippen LogP contribution >= 0.6 is 0 Å². The van der Waals surface area contributed by atoms with E-state index in [9.17, 15) is 9.59 Å². The minimum absolute atomic E-state index is 0.110. The number of aromatic nitrogens is 2. The SMILES string of the molecule is CCC1Oc2ncc(CN3CCC(c4ccc(C(=O)NC)nc4)CC3)cc2NC1=O. The lowest BCUT2D eigenvalue weighted by molar-refractivity contribution is -0.123. The second-order valence-electron chi connectivity index (χ2n) is 7.81. The molecule has 4 heterocycles. The zero-order valence-electron chi connectivity index (χ0n) is 17.4. The van der Waals surface area contributed by atoms with Crippen LogP contribution in [-0.2, 0) is 11.3 Å². The van der Waals surface area contributed by atoms with Crippen molar-refractivity contribution in [3.63, 3.8) is 0 Å². The molecule has 0 radical (unpaired) electrons. The van der Waals surface area contributed by atoms with Gasteiger partial charge >= 0.3 is 0 Å². The number of carbonyl (C=O) groups is 2. The van der Waals surface area contributed by atoms with Crippen molar-refractivity contribution in [1.82, 2.24) is 20.2 Å². The fraction of sp³-hybridized carbons (Fsp3) is 0.455. The summed E-state index contributed by atoms with van der Waals surface area (Å²) in [5.74, 6) is 0.673. The molecule has 2 aromatic heterocycles. The number of rotatable bonds is 5. The van der Waals surface area contributed by atoms with Gasteiger partial charge in [0.1, 0.15) is 11.4 Å². The molecule has 2 N–H and O–H groups in total. The highest BCUT2D eigenvalue weighted by Crippen LogP contribution is 2.31. The standard InChI is InChI=1S/C22H27N5O3/c1-3-19-21(29)26-18-10-14(11-25-22(18)30-19)13-27-8-6-15(7-9-27)16-4-5-17(24-12-16)20(28)23-2/h4-5,10-12,15,19H,3,6-9,13H2,1-2H3,(H,23,28)(H,26,29). The number of carbonyl (C=O) groups excluding carboxylic acids is 2. The first kappa shape index (κ1) is 20.3. The number of nitrogens with zero attached hydrogens (tertiary/aromatic N) is 3. The number of nitrogens with one attached hydrogen (secondary N) is 2. The summed E-state index contributed by atoms with van der Waals surface area (Å²) in [4.78, 5) is 34.8. The van der Waals surface area contributed by atoms with Gasteiger partial charge in [0.15, 0.2) is 6.10 Å². The van der Waals surface area contributed by atoms with E-state index in [0.717, 1.165) is 38.0 Å². The largest absolute Gasteiger partial charge is 0.463 e. The van der Waals surface area contributed by atoms with Crippen LogP contribution in [0.1, 0.15) is 53.7 Å². The van der Waals surface area contributed by atoms with Crippen molar-refractivity contribution in [3.05, 3.63) is 47.4 Å². The molecule has 2 aliphatic rings. The van der Waals surface area contributed by atoms with Crippen molar-refractivity contribution in [1.29, 1.82) is 0 Å². The molecule has 0 aliphatic carbocycles. The van der Waals surface area contributed by atoms with Gasteiger partial charge in [0.05, 0.1) is 0 Å². The molecule has 1 unspecified atom stereocenters. The van der Waals surface area contributed by atoms with Crippen LogP contribution in [0.3, 0.4) is 0 Å². The lowest BCUT2D eigenvalue weighted by Crippen LogP contribution is -2.37. The van der Waals surface area contributed by atoms with Crippen molar-refractivity contribution < 1.29 is 14.3 Å². The van der Waals surface area contributed by atoms with Crippen molar-refractivity contribution in [2.45, 2.75) is 44.8 Å². The first-order chi connectivity index (χ1) is 14.6. The Morgan fingerprint density at radius 1 is 1.27 bits per heavy atom. The molecular weight excluding hydrogens is 382 g/mol. The molecule has 8 heteroatoms. The molecule has 2 amide bonds. The summed E-state index contributed by atoms with van der Waals surface area (Å²) in [7, 11) is 1.61. The summed E-state index contributed by atoms with van der Waals surface area (Å²) in [6.45, 7) is 4.65. The summed E-state index contributed by atoms with van der Waals surface area (Å²) < 4.78 is 5.66. The Hall–Kier alpha value is -3.00. The smallest absolute Gasteiger partial charge is 0.269 e. The van der Waals surface area contributed by atoms with Gasteiger partial charge in [-0.05, 0) is 61.5 Å². The molecule has 0 spiro atoms. The number of ether oxygens (including phenoxy) is 1. The molecule has 8 nitrogen and oxygen atoms in total. The van der Waals surface area contributed by atoms with Gasteiger partial charge in [-0.3, -0.25) is 19.5 Å². The maximum absolute atomic E-state index is 12.0. The predicted molar refractivity (Wildman–Crippen MR) is 112 cm³/mol. The van der Waals surface area contributed by atoms with Gasteiger partial charge in [0.25, 0.3) is 11.8 Å². The quantitative estimate of drug-likeness (QED) is 0.787. The van der Waals surface area contributed by atoms with Crippen LogP contribution < -0.4 is 15.4 Å². The van der Waals surface area contributed by atoms with Crippen molar-refractivity contribution in [3.8, 4) is 5.88 Å². The highest BCUT2D eigenvalue weighted by molar-refractivity contribution is 5.97. The van der Waals surface area contributed by atoms with Gasteiger partial charge in [-0.25, -0.2) is 4.98 Å². The van der Waals surface area contributed by atoms with Gasteiger partial charge in [0.2, 0.25) is 5.88 Å². The zero-order chi connectivity index (χ0) is 21.1. The van der Waals surface area contributed by atoms with E-state index in [0.29, 0.717) is 29.6 Å². The third kappa shape index (κ3) is 4.28. The molecule has 158 valence electrons. The van der Waals surface area contributed by atoms with Crippen LogP contribution in [-0.4, -0.2) is 52.9 Å². The average molecular weight is 409 g/mol. The number of pyridine rings is 2. The van der Waals surface area contributed by atoms with Crippen molar-refractivity contribution in [2.75, 3.05) is 25.5 Å². The molecule has 1 atom stereocenters. The molecule has 1 fully saturated rings. The highest BCUT2D eigenvalue weighted by Gasteiger charge is 2.27. The fourth-order valence-electron chi connectivity index (χ4n) is 4.03. The van der Waals surface area contributed by atoms with E-state index >= 15 is 0 Å². The first-order valence-corrected chi connectivity index (χ1v) is 10.4. The molecule has 0 saturated carbocycles. The Bertz CT molecular complexity index is 923. The second kappa shape index (κ2) is 8.79. The lowest BCUT2D eigenvalue weighted by Gasteiger charge is -2.32. The van der Waals surface area contributed by atoms with E-state index in [4.69, 9.17) is 4.74 Å². The first-order valence-electron chi connectivity index (χ1n) is 10.4. The number of likely N-dealkylation sites (tertiary alicyclic amines) is 1. The zero-order valence-corrected chi connectivity index (χ0v) is 17.4. The fourth-order valence-corrected chi connectivity index (χ4v) is 4.03. The lowest BCUT2D eigenvalue weighted by atomic mass is 9.90. The molecule has 2 aliphatic heterocycles. The summed E-state index contributed by atoms with van der Waals surface area (Å²) in [5, 5.41) is 5.49. The van der Waals surface area contributed by atoms with E-state index in [-0.39, 0.29) is 11.8 Å². The number of amides is 2. The maximum Gasteiger partial charge on any atom is 0.269 e. The Kier molecular flexibility index (Phi) is 5.94. The van der Waals surface area contributed by atoms with Gasteiger partial charge in [-0.15, -0.1) is 0 Å². The van der Waals surface area contributed by atoms with E-state index in [1.807, 2.05) is 31.5 Å². The van der Waals surface area contributed by atoms with Crippen LogP contribution in [0.25, 0.3) is 0 Å². The molecular formula is C22H27N5O3. The Morgan fingerprint density at radius 2 is 2.07 bits per heavy atom. The van der Waals surface area contributed by atoms with Gasteiger partial charge in [-0.2, -0.15) is 0 Å². The van der Waals surface area contributed by atoms with Crippen LogP contribution in [0.15, 0.2) is 30.6 Å². The molecule has 4 rings (SSSR count).